The highest BCUT2D eigenvalue weighted by Crippen LogP contribution is 2.43. The predicted octanol–water partition coefficient (Wildman–Crippen LogP) is 8.24. The minimum atomic E-state index is -2.34. The number of nitrogens with zero attached hydrogens (tertiary/aromatic N) is 2. The van der Waals surface area contributed by atoms with Crippen molar-refractivity contribution in [1.82, 2.24) is 19.8 Å². The van der Waals surface area contributed by atoms with Gasteiger partial charge in [-0.05, 0) is 64.9 Å². The molecule has 5 aromatic carbocycles. The Morgan fingerprint density at radius 3 is 2.15 bits per heavy atom. The van der Waals surface area contributed by atoms with E-state index in [1.807, 2.05) is 83.4 Å². The molecule has 0 unspecified atom stereocenters. The monoisotopic (exact) mass is 812 g/mol. The van der Waals surface area contributed by atoms with E-state index in [0.29, 0.717) is 12.1 Å². The van der Waals surface area contributed by atoms with Crippen LogP contribution in [0.4, 0.5) is 22.0 Å². The van der Waals surface area contributed by atoms with E-state index in [0.717, 1.165) is 64.8 Å². The van der Waals surface area contributed by atoms with Crippen molar-refractivity contribution in [3.63, 3.8) is 0 Å². The highest BCUT2D eigenvalue weighted by Gasteiger charge is 2.40. The van der Waals surface area contributed by atoms with Gasteiger partial charge in [-0.15, -0.1) is 0 Å². The molecule has 14 heteroatoms. The second kappa shape index (κ2) is 16.9. The molecule has 8 rings (SSSR count). The number of fused-ring (bicyclic) bond motifs is 1. The Kier molecular flexibility index (Phi) is 11.5. The van der Waals surface area contributed by atoms with E-state index in [-0.39, 0.29) is 43.0 Å². The minimum Gasteiger partial charge on any atom is -0.392 e. The van der Waals surface area contributed by atoms with Crippen LogP contribution in [0, 0.1) is 35.0 Å². The predicted molar refractivity (Wildman–Crippen MR) is 210 cm³/mol. The summed E-state index contributed by atoms with van der Waals surface area (Å²) in [7, 11) is 0. The third-order valence-corrected chi connectivity index (χ3v) is 11.4. The lowest BCUT2D eigenvalue weighted by Crippen LogP contribution is -2.47. The van der Waals surface area contributed by atoms with Gasteiger partial charge in [0.1, 0.15) is 5.56 Å². The molecule has 0 spiro atoms. The average molecular weight is 813 g/mol. The van der Waals surface area contributed by atoms with Crippen molar-refractivity contribution < 1.29 is 41.3 Å². The Labute approximate surface area is 336 Å². The molecule has 59 heavy (non-hydrogen) atoms. The zero-order chi connectivity index (χ0) is 41.4. The first kappa shape index (κ1) is 40.1. The van der Waals surface area contributed by atoms with E-state index in [1.165, 1.54) is 0 Å². The molecule has 1 aromatic heterocycles. The first-order valence-electron chi connectivity index (χ1n) is 19.4. The van der Waals surface area contributed by atoms with Crippen LogP contribution in [0.2, 0.25) is 0 Å². The van der Waals surface area contributed by atoms with Gasteiger partial charge in [0.05, 0.1) is 29.8 Å². The van der Waals surface area contributed by atoms with E-state index in [1.54, 1.807) is 18.2 Å². The molecular formula is C45H41F5N4O5. The summed E-state index contributed by atoms with van der Waals surface area (Å²) in [6, 6.07) is 30.0. The van der Waals surface area contributed by atoms with Crippen LogP contribution in [0.25, 0.3) is 22.2 Å². The molecule has 0 saturated carbocycles. The third-order valence-electron chi connectivity index (χ3n) is 11.4. The minimum absolute atomic E-state index is 0.0555. The molecule has 3 heterocycles. The van der Waals surface area contributed by atoms with Crippen molar-refractivity contribution in [2.75, 3.05) is 19.6 Å². The maximum Gasteiger partial charge on any atom is 0.326 e. The lowest BCUT2D eigenvalue weighted by molar-refractivity contribution is -0.276. The highest BCUT2D eigenvalue weighted by molar-refractivity contribution is 5.94. The third kappa shape index (κ3) is 8.05. The summed E-state index contributed by atoms with van der Waals surface area (Å²) in [4.78, 5) is 30.9. The summed E-state index contributed by atoms with van der Waals surface area (Å²) in [6.45, 7) is 3.96. The number of carbonyl (C=O) groups excluding carboxylic acids is 1. The Hall–Kier alpha value is -5.67. The van der Waals surface area contributed by atoms with Crippen molar-refractivity contribution >= 4 is 16.9 Å². The van der Waals surface area contributed by atoms with Gasteiger partial charge in [0.15, 0.2) is 29.6 Å². The Morgan fingerprint density at radius 2 is 1.44 bits per heavy atom. The molecular weight excluding hydrogens is 772 g/mol. The number of benzene rings is 5. The summed E-state index contributed by atoms with van der Waals surface area (Å²) in [5, 5.41) is 11.9. The zero-order valence-electron chi connectivity index (χ0n) is 31.9. The van der Waals surface area contributed by atoms with Crippen LogP contribution < -0.4 is 11.0 Å². The first-order valence-corrected chi connectivity index (χ1v) is 19.4. The molecule has 0 radical (unpaired) electrons. The number of hydrogen-bond acceptors (Lipinski definition) is 6. The number of halogens is 5. The number of likely N-dealkylation sites (tertiary alicyclic amines) is 1. The quantitative estimate of drug-likeness (QED) is 0.0731. The Bertz CT molecular complexity index is 2520. The number of imidazole rings is 1. The molecule has 306 valence electrons. The number of nitrogens with one attached hydrogen (secondary N) is 2. The Morgan fingerprint density at radius 1 is 0.780 bits per heavy atom. The number of carbonyl (C=O) groups is 1. The second-order valence-corrected chi connectivity index (χ2v) is 15.1. The number of aliphatic hydroxyl groups is 1. The summed E-state index contributed by atoms with van der Waals surface area (Å²) >= 11 is 0. The van der Waals surface area contributed by atoms with Crippen LogP contribution >= 0.6 is 0 Å². The SMILES string of the molecule is C[C@H]1[C@@H](CN2CCC(n3c(=O)[nH]c4ccccc43)CC2)O[C@@H](c2cccc(-c3cccc(CNC(=O)c4c(F)c(F)c(F)c(F)c4F)c3)c2)O[C@H]1c1ccc(CO)cc1. The van der Waals surface area contributed by atoms with Crippen LogP contribution in [-0.2, 0) is 22.6 Å². The Balaban J connectivity index is 0.998. The van der Waals surface area contributed by atoms with E-state index in [4.69, 9.17) is 9.47 Å². The maximum atomic E-state index is 14.3. The summed E-state index contributed by atoms with van der Waals surface area (Å²) in [5.74, 6) is -12.7. The highest BCUT2D eigenvalue weighted by atomic mass is 19.2. The maximum absolute atomic E-state index is 14.3. The molecule has 2 aliphatic heterocycles. The number of hydrogen-bond donors (Lipinski definition) is 3. The van der Waals surface area contributed by atoms with Gasteiger partial charge < -0.3 is 29.8 Å². The van der Waals surface area contributed by atoms with Crippen LogP contribution in [0.3, 0.4) is 0 Å². The van der Waals surface area contributed by atoms with Crippen LogP contribution in [-0.4, -0.2) is 51.2 Å². The van der Waals surface area contributed by atoms with Gasteiger partial charge in [-0.3, -0.25) is 9.36 Å². The van der Waals surface area contributed by atoms with Crippen molar-refractivity contribution in [2.45, 2.75) is 57.5 Å². The van der Waals surface area contributed by atoms with Crippen molar-refractivity contribution in [2.24, 2.45) is 5.92 Å². The first-order chi connectivity index (χ1) is 28.5. The number of para-hydroxylation sites is 2. The topological polar surface area (TPSA) is 109 Å². The van der Waals surface area contributed by atoms with E-state index < -0.39 is 46.8 Å². The van der Waals surface area contributed by atoms with Gasteiger partial charge in [-0.25, -0.2) is 26.7 Å². The van der Waals surface area contributed by atoms with E-state index in [9.17, 15) is 36.6 Å². The standard InChI is InChI=1S/C45H41F5N4O5/c1-25-35(23-53-18-16-32(17-19-53)54-34-11-3-2-10-33(34)52-45(54)57)58-44(59-42(25)28-14-12-26(24-55)13-15-28)31-9-5-8-30(21-31)29-7-4-6-27(20-29)22-51-43(56)36-37(46)39(48)41(50)40(49)38(36)47/h2-15,20-21,25,32,35,42,44,55H,16-19,22-24H2,1H3,(H,51,56)(H,52,57)/t25-,35+,42+,44+/m0/s1. The van der Waals surface area contributed by atoms with Crippen LogP contribution in [0.15, 0.2) is 102 Å². The van der Waals surface area contributed by atoms with Crippen molar-refractivity contribution in [1.29, 1.82) is 0 Å². The molecule has 6 aromatic rings. The lowest BCUT2D eigenvalue weighted by atomic mass is 9.89. The fraction of sp³-hybridized carbons (Fsp3) is 0.289. The van der Waals surface area contributed by atoms with E-state index >= 15 is 0 Å². The van der Waals surface area contributed by atoms with E-state index in [2.05, 4.69) is 22.1 Å². The second-order valence-electron chi connectivity index (χ2n) is 15.1. The van der Waals surface area contributed by atoms with Crippen molar-refractivity contribution in [3.8, 4) is 11.1 Å². The van der Waals surface area contributed by atoms with Crippen LogP contribution in [0.1, 0.15) is 70.8 Å². The van der Waals surface area contributed by atoms with Crippen LogP contribution in [0.5, 0.6) is 0 Å². The van der Waals surface area contributed by atoms with Gasteiger partial charge in [0, 0.05) is 43.7 Å². The molecule has 3 N–H and O–H groups in total. The number of aromatic amines is 1. The summed E-state index contributed by atoms with van der Waals surface area (Å²) in [6.07, 6.45) is 0.261. The smallest absolute Gasteiger partial charge is 0.326 e. The number of piperidine rings is 1. The fourth-order valence-corrected chi connectivity index (χ4v) is 8.18. The van der Waals surface area contributed by atoms with Crippen molar-refractivity contribution in [3.05, 3.63) is 164 Å². The van der Waals surface area contributed by atoms with Gasteiger partial charge >= 0.3 is 5.69 Å². The number of aliphatic hydroxyl groups excluding tert-OH is 1. The largest absolute Gasteiger partial charge is 0.392 e. The average Bonchev–Trinajstić information content (AvgIpc) is 3.61. The normalized spacial score (nSPS) is 20.3. The molecule has 0 bridgehead atoms. The summed E-state index contributed by atoms with van der Waals surface area (Å²) in [5.41, 5.74) is 4.56. The molecule has 2 fully saturated rings. The number of H-pyrrole nitrogens is 1. The lowest BCUT2D eigenvalue weighted by Gasteiger charge is -2.44. The molecule has 2 saturated heterocycles. The van der Waals surface area contributed by atoms with Gasteiger partial charge in [-0.1, -0.05) is 79.7 Å². The molecule has 2 aliphatic rings. The summed E-state index contributed by atoms with van der Waals surface area (Å²) < 4.78 is 84.9. The molecule has 1 amide bonds. The number of rotatable bonds is 10. The van der Waals surface area contributed by atoms with Gasteiger partial charge in [0.2, 0.25) is 5.82 Å². The number of aromatic nitrogens is 2. The number of amides is 1. The number of ether oxygens (including phenoxy) is 2. The van der Waals surface area contributed by atoms with Gasteiger partial charge in [-0.2, -0.15) is 0 Å². The molecule has 9 nitrogen and oxygen atoms in total. The molecule has 4 atom stereocenters. The fourth-order valence-electron chi connectivity index (χ4n) is 8.18. The zero-order valence-corrected chi connectivity index (χ0v) is 31.9. The van der Waals surface area contributed by atoms with Gasteiger partial charge in [0.25, 0.3) is 5.91 Å². The molecule has 0 aliphatic carbocycles.